The highest BCUT2D eigenvalue weighted by Gasteiger charge is 2.34. The molecule has 0 N–H and O–H groups in total. The van der Waals surface area contributed by atoms with Gasteiger partial charge in [0, 0.05) is 54.2 Å². The van der Waals surface area contributed by atoms with Crippen LogP contribution >= 0.6 is 0 Å². The van der Waals surface area contributed by atoms with E-state index < -0.39 is 0 Å². The third-order valence-corrected chi connectivity index (χ3v) is 15.9. The van der Waals surface area contributed by atoms with Gasteiger partial charge in [0.2, 0.25) is 0 Å². The summed E-state index contributed by atoms with van der Waals surface area (Å²) in [5.74, 6) is 1.35. The third kappa shape index (κ3) is 6.42. The smallest absolute Gasteiger partial charge is 0.165 e. The van der Waals surface area contributed by atoms with E-state index in [2.05, 4.69) is 231 Å². The van der Waals surface area contributed by atoms with Gasteiger partial charge in [0.1, 0.15) is 23.5 Å². The van der Waals surface area contributed by atoms with E-state index in [1.54, 1.807) is 6.07 Å². The fourth-order valence-corrected chi connectivity index (χ4v) is 12.4. The molecule has 0 saturated heterocycles. The van der Waals surface area contributed by atoms with Crippen LogP contribution in [0.5, 0.6) is 0 Å². The molecule has 0 aliphatic heterocycles. The first-order chi connectivity index (χ1) is 36.9. The van der Waals surface area contributed by atoms with Crippen molar-refractivity contribution in [2.45, 2.75) is 55.4 Å². The van der Waals surface area contributed by atoms with E-state index in [9.17, 15) is 10.5 Å². The zero-order chi connectivity index (χ0) is 52.0. The number of aryl methyl sites for hydroxylation is 8. The number of rotatable bonds is 5. The monoisotopic (exact) mass is 977 g/mol. The van der Waals surface area contributed by atoms with Gasteiger partial charge < -0.3 is 9.13 Å². The van der Waals surface area contributed by atoms with Crippen molar-refractivity contribution in [1.29, 1.82) is 10.5 Å². The normalized spacial score (nSPS) is 11.9. The van der Waals surface area contributed by atoms with Crippen LogP contribution in [0.2, 0.25) is 0 Å². The van der Waals surface area contributed by atoms with Crippen LogP contribution in [0.15, 0.2) is 164 Å². The van der Waals surface area contributed by atoms with Gasteiger partial charge in [0.25, 0.3) is 0 Å². The van der Waals surface area contributed by atoms with Crippen LogP contribution in [-0.2, 0) is 0 Å². The van der Waals surface area contributed by atoms with E-state index in [0.717, 1.165) is 149 Å². The van der Waals surface area contributed by atoms with Crippen molar-refractivity contribution in [2.24, 2.45) is 0 Å². The van der Waals surface area contributed by atoms with E-state index in [1.807, 2.05) is 12.1 Å². The quantitative estimate of drug-likeness (QED) is 0.172. The minimum Gasteiger partial charge on any atom is -0.305 e. The predicted molar refractivity (Wildman–Crippen MR) is 314 cm³/mol. The van der Waals surface area contributed by atoms with Crippen LogP contribution in [0.3, 0.4) is 0 Å². The first kappa shape index (κ1) is 45.0. The van der Waals surface area contributed by atoms with Gasteiger partial charge in [-0.05, 0) is 159 Å². The molecule has 0 radical (unpaired) electrons. The molecule has 0 saturated carbocycles. The summed E-state index contributed by atoms with van der Waals surface area (Å²) >= 11 is 0. The number of aromatic nitrogens is 5. The average Bonchev–Trinajstić information content (AvgIpc) is 4.29. The van der Waals surface area contributed by atoms with Gasteiger partial charge in [-0.25, -0.2) is 4.98 Å². The summed E-state index contributed by atoms with van der Waals surface area (Å²) in [6.07, 6.45) is 0. The minimum atomic E-state index is 0.289. The van der Waals surface area contributed by atoms with E-state index >= 15 is 0 Å². The highest BCUT2D eigenvalue weighted by molar-refractivity contribution is 6.16. The molecule has 0 aliphatic carbocycles. The van der Waals surface area contributed by atoms with Gasteiger partial charge in [0.15, 0.2) is 11.6 Å². The van der Waals surface area contributed by atoms with Crippen molar-refractivity contribution in [3.05, 3.63) is 219 Å². The fraction of sp³-hybridized carbons (Fsp3) is 0.116. The molecule has 0 unspecified atom stereocenters. The van der Waals surface area contributed by atoms with Gasteiger partial charge in [-0.3, -0.25) is 9.13 Å². The highest BCUT2D eigenvalue weighted by atomic mass is 15.2. The number of benzene rings is 9. The maximum Gasteiger partial charge on any atom is 0.165 e. The Labute approximate surface area is 440 Å². The Morgan fingerprint density at radius 1 is 0.316 bits per heavy atom. The van der Waals surface area contributed by atoms with Crippen LogP contribution in [0, 0.1) is 78.1 Å². The molecule has 9 aromatic carbocycles. The Morgan fingerprint density at radius 3 is 0.829 bits per heavy atom. The highest BCUT2D eigenvalue weighted by Crippen LogP contribution is 2.50. The molecule has 0 fully saturated rings. The van der Waals surface area contributed by atoms with Gasteiger partial charge >= 0.3 is 0 Å². The molecule has 0 spiro atoms. The molecule has 5 heterocycles. The van der Waals surface area contributed by atoms with Crippen LogP contribution in [0.4, 0.5) is 0 Å². The Hall–Kier alpha value is -9.69. The molecule has 7 nitrogen and oxygen atoms in total. The number of hydrogen-bond donors (Lipinski definition) is 0. The SMILES string of the molecule is Cc1ccc2c(c1)c1cc(C)ccc1n2-c1nc(-n2c3ccc(C)cc3c3cc(C)ccc32)c(-n2c3ccc(C)cc3c3cc(C)ccc32)c(-c2cccc(C#N)c2C#N)c1-n1c2ccc(C)cc2c2cc(C)ccc21. The predicted octanol–water partition coefficient (Wildman–Crippen LogP) is 17.3. The first-order valence-corrected chi connectivity index (χ1v) is 26.0. The largest absolute Gasteiger partial charge is 0.305 e. The third-order valence-electron chi connectivity index (χ3n) is 15.9. The van der Waals surface area contributed by atoms with Gasteiger partial charge in [-0.2, -0.15) is 10.5 Å². The second kappa shape index (κ2) is 16.4. The molecular formula is C69H51N7. The molecule has 0 aliphatic rings. The number of fused-ring (bicyclic) bond motifs is 12. The summed E-state index contributed by atoms with van der Waals surface area (Å²) in [6, 6.07) is 64.5. The Balaban J connectivity index is 1.36. The zero-order valence-electron chi connectivity index (χ0n) is 43.7. The first-order valence-electron chi connectivity index (χ1n) is 26.0. The van der Waals surface area contributed by atoms with Crippen LogP contribution in [-0.4, -0.2) is 23.3 Å². The Bertz CT molecular complexity index is 4480. The number of hydrogen-bond acceptors (Lipinski definition) is 3. The van der Waals surface area contributed by atoms with Crippen LogP contribution < -0.4 is 0 Å². The lowest BCUT2D eigenvalue weighted by atomic mass is 9.93. The van der Waals surface area contributed by atoms with Crippen LogP contribution in [0.1, 0.15) is 55.6 Å². The average molecular weight is 978 g/mol. The molecule has 7 heteroatoms. The molecule has 0 bridgehead atoms. The number of pyridine rings is 1. The van der Waals surface area contributed by atoms with Crippen molar-refractivity contribution >= 4 is 87.2 Å². The maximum absolute atomic E-state index is 11.7. The molecule has 0 amide bonds. The number of nitriles is 2. The minimum absolute atomic E-state index is 0.289. The van der Waals surface area contributed by atoms with Crippen molar-refractivity contribution < 1.29 is 0 Å². The van der Waals surface area contributed by atoms with Crippen LogP contribution in [0.25, 0.3) is 121 Å². The van der Waals surface area contributed by atoms with Crippen molar-refractivity contribution in [1.82, 2.24) is 23.3 Å². The molecule has 362 valence electrons. The summed E-state index contributed by atoms with van der Waals surface area (Å²) in [5.41, 5.74) is 20.7. The zero-order valence-corrected chi connectivity index (χ0v) is 43.7. The molecule has 0 atom stereocenters. The summed E-state index contributed by atoms with van der Waals surface area (Å²) in [7, 11) is 0. The summed E-state index contributed by atoms with van der Waals surface area (Å²) in [4.78, 5) is 6.38. The van der Waals surface area contributed by atoms with E-state index in [-0.39, 0.29) is 5.56 Å². The summed E-state index contributed by atoms with van der Waals surface area (Å²) in [5, 5.41) is 31.6. The molecule has 5 aromatic heterocycles. The van der Waals surface area contributed by atoms with Gasteiger partial charge in [-0.15, -0.1) is 0 Å². The molecule has 76 heavy (non-hydrogen) atoms. The summed E-state index contributed by atoms with van der Waals surface area (Å²) < 4.78 is 9.51. The lowest BCUT2D eigenvalue weighted by molar-refractivity contribution is 0.960. The second-order valence-electron chi connectivity index (χ2n) is 21.3. The topological polar surface area (TPSA) is 80.2 Å². The molecule has 14 rings (SSSR count). The standard InChI is InChI=1S/C69H51N7/c1-38-12-20-57-48(28-38)49-29-39(2)13-21-58(49)73(57)66-65(47-11-9-10-46(36-70)56(47)37-71)67(74-59-22-14-40(3)30-50(59)51-31-41(4)15-23-60(51)74)69(76-63-26-18-44(7)34-54(63)55-35-45(8)19-27-64(55)76)72-68(66)75-61-24-16-42(5)32-52(61)53-33-43(6)17-25-62(53)75/h9-35H,1-8H3. The van der Waals surface area contributed by atoms with Crippen molar-refractivity contribution in [3.8, 4) is 46.3 Å². The van der Waals surface area contributed by atoms with E-state index in [0.29, 0.717) is 22.8 Å². The van der Waals surface area contributed by atoms with Crippen molar-refractivity contribution in [2.75, 3.05) is 0 Å². The second-order valence-corrected chi connectivity index (χ2v) is 21.3. The van der Waals surface area contributed by atoms with E-state index in [1.165, 1.54) is 0 Å². The van der Waals surface area contributed by atoms with Gasteiger partial charge in [0.05, 0.1) is 55.3 Å². The maximum atomic E-state index is 11.7. The Kier molecular flexibility index (Phi) is 9.71. The summed E-state index contributed by atoms with van der Waals surface area (Å²) in [6.45, 7) is 17.2. The molecular weight excluding hydrogens is 927 g/mol. The van der Waals surface area contributed by atoms with E-state index in [4.69, 9.17) is 4.98 Å². The van der Waals surface area contributed by atoms with Crippen molar-refractivity contribution in [3.63, 3.8) is 0 Å². The Morgan fingerprint density at radius 2 is 0.579 bits per heavy atom. The number of nitrogens with zero attached hydrogens (tertiary/aromatic N) is 7. The molecule has 14 aromatic rings. The van der Waals surface area contributed by atoms with Gasteiger partial charge in [-0.1, -0.05) is 105 Å². The lowest BCUT2D eigenvalue weighted by Crippen LogP contribution is -2.16. The lowest BCUT2D eigenvalue weighted by Gasteiger charge is -2.27. The fourth-order valence-electron chi connectivity index (χ4n) is 12.4.